The smallest absolute Gasteiger partial charge is 0.315 e. The minimum Gasteiger partial charge on any atom is -0.338 e. The summed E-state index contributed by atoms with van der Waals surface area (Å²) in [5.74, 6) is 0.634. The van der Waals surface area contributed by atoms with Crippen LogP contribution >= 0.6 is 0 Å². The molecular formula is C14H20N2O2S. The first kappa shape index (κ1) is 14.1. The second-order valence-corrected chi connectivity index (χ2v) is 6.46. The van der Waals surface area contributed by atoms with E-state index in [1.54, 1.807) is 6.26 Å². The Balaban J connectivity index is 1.69. The Labute approximate surface area is 116 Å². The van der Waals surface area contributed by atoms with Crippen molar-refractivity contribution in [3.05, 3.63) is 35.4 Å². The number of rotatable bonds is 5. The lowest BCUT2D eigenvalue weighted by atomic mass is 10.1. The molecule has 0 aromatic heterocycles. The van der Waals surface area contributed by atoms with Crippen LogP contribution in [0.4, 0.5) is 4.79 Å². The molecule has 1 atom stereocenters. The summed E-state index contributed by atoms with van der Waals surface area (Å²) in [5, 5.41) is 5.80. The van der Waals surface area contributed by atoms with E-state index >= 15 is 0 Å². The summed E-state index contributed by atoms with van der Waals surface area (Å²) < 4.78 is 10.9. The summed E-state index contributed by atoms with van der Waals surface area (Å²) in [7, 11) is -0.783. The minimum atomic E-state index is -0.783. The van der Waals surface area contributed by atoms with Gasteiger partial charge in [0.2, 0.25) is 0 Å². The quantitative estimate of drug-likeness (QED) is 0.797. The second kappa shape index (κ2) is 6.70. The van der Waals surface area contributed by atoms with E-state index < -0.39 is 10.8 Å². The van der Waals surface area contributed by atoms with E-state index in [0.717, 1.165) is 19.3 Å². The number of hydrogen-bond donors (Lipinski definition) is 2. The fourth-order valence-corrected chi connectivity index (χ4v) is 2.93. The molecule has 0 radical (unpaired) electrons. The van der Waals surface area contributed by atoms with Crippen molar-refractivity contribution in [2.75, 3.05) is 18.6 Å². The highest BCUT2D eigenvalue weighted by atomic mass is 32.2. The molecule has 1 aliphatic rings. The summed E-state index contributed by atoms with van der Waals surface area (Å²) in [6.07, 6.45) is 4.24. The molecule has 0 unspecified atom stereocenters. The third-order valence-corrected chi connectivity index (χ3v) is 4.14. The molecule has 1 aromatic carbocycles. The van der Waals surface area contributed by atoms with Crippen LogP contribution in [0.25, 0.3) is 0 Å². The summed E-state index contributed by atoms with van der Waals surface area (Å²) in [5.41, 5.74) is 2.66. The minimum absolute atomic E-state index is 0.125. The van der Waals surface area contributed by atoms with Gasteiger partial charge in [0.25, 0.3) is 0 Å². The normalized spacial score (nSPS) is 15.8. The molecule has 5 heteroatoms. The number of benzene rings is 1. The highest BCUT2D eigenvalue weighted by molar-refractivity contribution is 7.84. The van der Waals surface area contributed by atoms with Crippen LogP contribution in [0, 0.1) is 0 Å². The number of fused-ring (bicyclic) bond motifs is 1. The standard InChI is InChI=1S/C14H20N2O2S/c1-19(18)8-4-7-15-14(17)16-13-9-11-5-2-3-6-12(11)10-13/h2-3,5-6,13H,4,7-10H2,1H3,(H2,15,16,17)/t19-/m0/s1. The number of hydrogen-bond acceptors (Lipinski definition) is 2. The van der Waals surface area contributed by atoms with Gasteiger partial charge in [-0.05, 0) is 30.4 Å². The van der Waals surface area contributed by atoms with Crippen LogP contribution in [0.15, 0.2) is 24.3 Å². The van der Waals surface area contributed by atoms with Crippen molar-refractivity contribution in [3.8, 4) is 0 Å². The molecule has 2 N–H and O–H groups in total. The maximum Gasteiger partial charge on any atom is 0.315 e. The molecule has 1 aliphatic carbocycles. The third kappa shape index (κ3) is 4.35. The Bertz CT molecular complexity index is 451. The van der Waals surface area contributed by atoms with Crippen LogP contribution in [-0.2, 0) is 23.6 Å². The lowest BCUT2D eigenvalue weighted by Crippen LogP contribution is -2.43. The van der Waals surface area contributed by atoms with Crippen molar-refractivity contribution < 1.29 is 9.00 Å². The number of carbonyl (C=O) groups excluding carboxylic acids is 1. The second-order valence-electron chi connectivity index (χ2n) is 4.90. The first-order valence-electron chi connectivity index (χ1n) is 6.56. The van der Waals surface area contributed by atoms with Crippen LogP contribution in [0.5, 0.6) is 0 Å². The van der Waals surface area contributed by atoms with E-state index in [4.69, 9.17) is 0 Å². The fourth-order valence-electron chi connectivity index (χ4n) is 2.37. The monoisotopic (exact) mass is 280 g/mol. The largest absolute Gasteiger partial charge is 0.338 e. The maximum absolute atomic E-state index is 11.7. The highest BCUT2D eigenvalue weighted by Crippen LogP contribution is 2.21. The first-order chi connectivity index (χ1) is 9.15. The van der Waals surface area contributed by atoms with Gasteiger partial charge in [0, 0.05) is 35.4 Å². The first-order valence-corrected chi connectivity index (χ1v) is 8.29. The Morgan fingerprint density at radius 3 is 2.53 bits per heavy atom. The number of amides is 2. The zero-order valence-electron chi connectivity index (χ0n) is 11.1. The summed E-state index contributed by atoms with van der Waals surface area (Å²) in [6, 6.07) is 8.37. The van der Waals surface area contributed by atoms with Gasteiger partial charge in [0.05, 0.1) is 0 Å². The van der Waals surface area contributed by atoms with Crippen molar-refractivity contribution in [2.45, 2.75) is 25.3 Å². The van der Waals surface area contributed by atoms with Gasteiger partial charge in [-0.2, -0.15) is 0 Å². The SMILES string of the molecule is C[S@](=O)CCCNC(=O)NC1Cc2ccccc2C1. The average molecular weight is 280 g/mol. The molecule has 0 spiro atoms. The van der Waals surface area contributed by atoms with Crippen molar-refractivity contribution in [1.82, 2.24) is 10.6 Å². The zero-order valence-corrected chi connectivity index (χ0v) is 12.0. The molecule has 2 rings (SSSR count). The fraction of sp³-hybridized carbons (Fsp3) is 0.500. The van der Waals surface area contributed by atoms with Gasteiger partial charge < -0.3 is 10.6 Å². The Morgan fingerprint density at radius 1 is 1.32 bits per heavy atom. The van der Waals surface area contributed by atoms with Gasteiger partial charge in [0.1, 0.15) is 0 Å². The van der Waals surface area contributed by atoms with E-state index in [-0.39, 0.29) is 12.1 Å². The van der Waals surface area contributed by atoms with Crippen molar-refractivity contribution in [2.24, 2.45) is 0 Å². The molecule has 2 amide bonds. The zero-order chi connectivity index (χ0) is 13.7. The molecule has 0 bridgehead atoms. The van der Waals surface area contributed by atoms with Crippen molar-refractivity contribution >= 4 is 16.8 Å². The van der Waals surface area contributed by atoms with Gasteiger partial charge in [-0.15, -0.1) is 0 Å². The molecule has 0 aliphatic heterocycles. The predicted molar refractivity (Wildman–Crippen MR) is 77.7 cm³/mol. The number of urea groups is 1. The topological polar surface area (TPSA) is 58.2 Å². The van der Waals surface area contributed by atoms with E-state index in [9.17, 15) is 9.00 Å². The molecule has 0 saturated heterocycles. The van der Waals surface area contributed by atoms with Gasteiger partial charge in [0.15, 0.2) is 0 Å². The van der Waals surface area contributed by atoms with Gasteiger partial charge in [-0.3, -0.25) is 4.21 Å². The average Bonchev–Trinajstić information content (AvgIpc) is 2.76. The van der Waals surface area contributed by atoms with Crippen LogP contribution in [0.2, 0.25) is 0 Å². The van der Waals surface area contributed by atoms with E-state index in [1.807, 2.05) is 12.1 Å². The summed E-state index contributed by atoms with van der Waals surface area (Å²) in [4.78, 5) is 11.7. The highest BCUT2D eigenvalue weighted by Gasteiger charge is 2.21. The Kier molecular flexibility index (Phi) is 4.96. The summed E-state index contributed by atoms with van der Waals surface area (Å²) in [6.45, 7) is 0.574. The van der Waals surface area contributed by atoms with Gasteiger partial charge in [-0.25, -0.2) is 4.79 Å². The lowest BCUT2D eigenvalue weighted by Gasteiger charge is -2.12. The van der Waals surface area contributed by atoms with Crippen molar-refractivity contribution in [3.63, 3.8) is 0 Å². The molecule has 0 heterocycles. The van der Waals surface area contributed by atoms with E-state index in [0.29, 0.717) is 12.3 Å². The number of carbonyl (C=O) groups is 1. The van der Waals surface area contributed by atoms with Crippen LogP contribution in [0.1, 0.15) is 17.5 Å². The maximum atomic E-state index is 11.7. The molecule has 104 valence electrons. The van der Waals surface area contributed by atoms with Crippen LogP contribution < -0.4 is 10.6 Å². The van der Waals surface area contributed by atoms with Gasteiger partial charge in [-0.1, -0.05) is 24.3 Å². The van der Waals surface area contributed by atoms with E-state index in [2.05, 4.69) is 22.8 Å². The van der Waals surface area contributed by atoms with Crippen LogP contribution in [-0.4, -0.2) is 34.8 Å². The van der Waals surface area contributed by atoms with Gasteiger partial charge >= 0.3 is 6.03 Å². The van der Waals surface area contributed by atoms with E-state index in [1.165, 1.54) is 11.1 Å². The predicted octanol–water partition coefficient (Wildman–Crippen LogP) is 1.22. The Morgan fingerprint density at radius 2 is 1.95 bits per heavy atom. The lowest BCUT2D eigenvalue weighted by molar-refractivity contribution is 0.237. The molecule has 1 aromatic rings. The van der Waals surface area contributed by atoms with Crippen LogP contribution in [0.3, 0.4) is 0 Å². The Hall–Kier alpha value is -1.36. The van der Waals surface area contributed by atoms with Crippen molar-refractivity contribution in [1.29, 1.82) is 0 Å². The summed E-state index contributed by atoms with van der Waals surface area (Å²) >= 11 is 0. The number of nitrogens with one attached hydrogen (secondary N) is 2. The molecule has 0 fully saturated rings. The molecular weight excluding hydrogens is 260 g/mol. The third-order valence-electron chi connectivity index (χ3n) is 3.28. The molecule has 4 nitrogen and oxygen atoms in total. The molecule has 19 heavy (non-hydrogen) atoms. The molecule has 0 saturated carbocycles.